The number of benzene rings is 1. The molecule has 3 rings (SSSR count). The van der Waals surface area contributed by atoms with E-state index >= 15 is 0 Å². The van der Waals surface area contributed by atoms with E-state index in [1.807, 2.05) is 24.3 Å². The van der Waals surface area contributed by atoms with Crippen LogP contribution in [0.2, 0.25) is 0 Å². The number of aromatic amines is 1. The van der Waals surface area contributed by atoms with E-state index in [4.69, 9.17) is 9.15 Å². The molecule has 0 amide bonds. The molecule has 2 heterocycles. The predicted molar refractivity (Wildman–Crippen MR) is 85.2 cm³/mol. The number of Topliss-reactive ketones (excluding diaryl/α,β-unsaturated/α-hetero) is 2. The van der Waals surface area contributed by atoms with E-state index < -0.39 is 11.6 Å². The van der Waals surface area contributed by atoms with Crippen molar-refractivity contribution < 1.29 is 18.7 Å². The normalized spacial score (nSPS) is 10.5. The molecular formula is C16H13N3O4S. The molecule has 0 atom stereocenters. The molecule has 0 aliphatic rings. The maximum absolute atomic E-state index is 12.1. The van der Waals surface area contributed by atoms with Crippen LogP contribution in [0.5, 0.6) is 5.75 Å². The zero-order valence-corrected chi connectivity index (χ0v) is 13.5. The van der Waals surface area contributed by atoms with E-state index in [2.05, 4.69) is 15.2 Å². The van der Waals surface area contributed by atoms with Crippen LogP contribution in [0.15, 0.2) is 57.1 Å². The van der Waals surface area contributed by atoms with E-state index in [1.165, 1.54) is 24.4 Å². The van der Waals surface area contributed by atoms with Crippen LogP contribution in [-0.2, 0) is 11.2 Å². The number of hydrogen-bond acceptors (Lipinski definition) is 7. The molecule has 8 heteroatoms. The number of furan rings is 1. The summed E-state index contributed by atoms with van der Waals surface area (Å²) in [5, 5.41) is 5.95. The molecule has 0 aliphatic carbocycles. The van der Waals surface area contributed by atoms with Crippen molar-refractivity contribution in [3.05, 3.63) is 54.5 Å². The fourth-order valence-electron chi connectivity index (χ4n) is 2.04. The molecule has 122 valence electrons. The van der Waals surface area contributed by atoms with Crippen molar-refractivity contribution in [3.8, 4) is 5.75 Å². The summed E-state index contributed by atoms with van der Waals surface area (Å²) in [5.41, 5.74) is 0. The summed E-state index contributed by atoms with van der Waals surface area (Å²) in [4.78, 5) is 29.4. The summed E-state index contributed by atoms with van der Waals surface area (Å²) in [6.45, 7) is 0. The number of nitrogens with zero attached hydrogens (tertiary/aromatic N) is 2. The number of nitrogens with one attached hydrogen (secondary N) is 1. The maximum Gasteiger partial charge on any atom is 0.265 e. The Morgan fingerprint density at radius 2 is 2.08 bits per heavy atom. The number of ether oxygens (including phenoxy) is 1. The number of hydrogen-bond donors (Lipinski definition) is 1. The van der Waals surface area contributed by atoms with E-state index in [9.17, 15) is 9.59 Å². The van der Waals surface area contributed by atoms with Crippen LogP contribution in [0.25, 0.3) is 0 Å². The van der Waals surface area contributed by atoms with Crippen molar-refractivity contribution >= 4 is 23.3 Å². The number of para-hydroxylation sites is 1. The van der Waals surface area contributed by atoms with Crippen LogP contribution in [-0.4, -0.2) is 33.9 Å². The summed E-state index contributed by atoms with van der Waals surface area (Å²) in [5.74, 6) is -0.284. The SMILES string of the molecule is COc1ccccc1Sc1ccoc1CC(=O)C(=O)c1ncn[nH]1. The molecule has 1 N–H and O–H groups in total. The first-order valence-corrected chi connectivity index (χ1v) is 7.81. The average Bonchev–Trinajstić information content (AvgIpc) is 3.27. The van der Waals surface area contributed by atoms with Gasteiger partial charge >= 0.3 is 0 Å². The van der Waals surface area contributed by atoms with Crippen LogP contribution >= 0.6 is 11.8 Å². The molecule has 0 bridgehead atoms. The largest absolute Gasteiger partial charge is 0.496 e. The van der Waals surface area contributed by atoms with Gasteiger partial charge in [-0.15, -0.1) is 0 Å². The highest BCUT2D eigenvalue weighted by Crippen LogP contribution is 2.37. The first-order chi connectivity index (χ1) is 11.7. The van der Waals surface area contributed by atoms with Crippen LogP contribution in [0.3, 0.4) is 0 Å². The molecule has 3 aromatic rings. The molecule has 0 saturated carbocycles. The first-order valence-electron chi connectivity index (χ1n) is 6.99. The molecular weight excluding hydrogens is 330 g/mol. The van der Waals surface area contributed by atoms with Crippen LogP contribution in [0.4, 0.5) is 0 Å². The van der Waals surface area contributed by atoms with Gasteiger partial charge in [-0.05, 0) is 18.2 Å². The Morgan fingerprint density at radius 1 is 1.25 bits per heavy atom. The number of ketones is 2. The third-order valence-corrected chi connectivity index (χ3v) is 4.34. The lowest BCUT2D eigenvalue weighted by Gasteiger charge is -2.07. The van der Waals surface area contributed by atoms with E-state index in [1.54, 1.807) is 13.2 Å². The van der Waals surface area contributed by atoms with E-state index in [0.29, 0.717) is 5.76 Å². The Morgan fingerprint density at radius 3 is 2.83 bits per heavy atom. The fourth-order valence-corrected chi connectivity index (χ4v) is 3.04. The van der Waals surface area contributed by atoms with Crippen molar-refractivity contribution in [2.45, 2.75) is 16.2 Å². The van der Waals surface area contributed by atoms with Gasteiger partial charge in [-0.1, -0.05) is 23.9 Å². The van der Waals surface area contributed by atoms with Gasteiger partial charge in [0.1, 0.15) is 17.8 Å². The molecule has 0 aliphatic heterocycles. The minimum atomic E-state index is -0.725. The van der Waals surface area contributed by atoms with Gasteiger partial charge in [0.2, 0.25) is 5.78 Å². The summed E-state index contributed by atoms with van der Waals surface area (Å²) >= 11 is 1.41. The van der Waals surface area contributed by atoms with Crippen molar-refractivity contribution in [1.82, 2.24) is 15.2 Å². The molecule has 0 unspecified atom stereocenters. The third-order valence-electron chi connectivity index (χ3n) is 3.20. The second-order valence-electron chi connectivity index (χ2n) is 4.72. The minimum absolute atomic E-state index is 0.0783. The van der Waals surface area contributed by atoms with Gasteiger partial charge in [-0.25, -0.2) is 4.98 Å². The highest BCUT2D eigenvalue weighted by molar-refractivity contribution is 7.99. The predicted octanol–water partition coefficient (Wildman–Crippen LogP) is 2.55. The molecule has 0 fully saturated rings. The maximum atomic E-state index is 12.1. The molecule has 7 nitrogen and oxygen atoms in total. The monoisotopic (exact) mass is 343 g/mol. The zero-order chi connectivity index (χ0) is 16.9. The number of aromatic nitrogens is 3. The van der Waals surface area contributed by atoms with Gasteiger partial charge in [0.15, 0.2) is 5.82 Å². The first kappa shape index (κ1) is 16.0. The fraction of sp³-hybridized carbons (Fsp3) is 0.125. The smallest absolute Gasteiger partial charge is 0.265 e. The van der Waals surface area contributed by atoms with Gasteiger partial charge in [-0.2, -0.15) is 5.10 Å². The third kappa shape index (κ3) is 3.38. The summed E-state index contributed by atoms with van der Waals surface area (Å²) < 4.78 is 10.7. The van der Waals surface area contributed by atoms with E-state index in [0.717, 1.165) is 15.5 Å². The number of rotatable bonds is 7. The molecule has 1 aromatic carbocycles. The molecule has 0 spiro atoms. The lowest BCUT2D eigenvalue weighted by Crippen LogP contribution is -2.18. The van der Waals surface area contributed by atoms with Gasteiger partial charge in [0, 0.05) is 0 Å². The second-order valence-corrected chi connectivity index (χ2v) is 5.81. The Labute approximate surface area is 141 Å². The van der Waals surface area contributed by atoms with Crippen molar-refractivity contribution in [3.63, 3.8) is 0 Å². The Balaban J connectivity index is 1.76. The molecule has 0 saturated heterocycles. The highest BCUT2D eigenvalue weighted by Gasteiger charge is 2.22. The summed E-state index contributed by atoms with van der Waals surface area (Å²) in [6.07, 6.45) is 2.51. The van der Waals surface area contributed by atoms with Crippen LogP contribution in [0, 0.1) is 0 Å². The lowest BCUT2D eigenvalue weighted by atomic mass is 10.1. The van der Waals surface area contributed by atoms with Gasteiger partial charge in [0.25, 0.3) is 5.78 Å². The Bertz CT molecular complexity index is 858. The topological polar surface area (TPSA) is 98.1 Å². The molecule has 24 heavy (non-hydrogen) atoms. The highest BCUT2D eigenvalue weighted by atomic mass is 32.2. The quantitative estimate of drug-likeness (QED) is 0.520. The van der Waals surface area contributed by atoms with Crippen LogP contribution in [0.1, 0.15) is 16.4 Å². The number of H-pyrrole nitrogens is 1. The Kier molecular flexibility index (Phi) is 4.76. The van der Waals surface area contributed by atoms with Crippen molar-refractivity contribution in [1.29, 1.82) is 0 Å². The van der Waals surface area contributed by atoms with Gasteiger partial charge in [-0.3, -0.25) is 14.7 Å². The zero-order valence-electron chi connectivity index (χ0n) is 12.7. The summed E-state index contributed by atoms with van der Waals surface area (Å²) in [6, 6.07) is 9.27. The number of methoxy groups -OCH3 is 1. The molecule has 2 aromatic heterocycles. The average molecular weight is 343 g/mol. The number of carbonyl (C=O) groups excluding carboxylic acids is 2. The standard InChI is InChI=1S/C16H13N3O4S/c1-22-11-4-2-3-5-13(11)24-14-6-7-23-12(14)8-10(20)15(21)16-17-9-18-19-16/h2-7,9H,8H2,1H3,(H,17,18,19). The van der Waals surface area contributed by atoms with Gasteiger partial charge in [0.05, 0.1) is 29.6 Å². The summed E-state index contributed by atoms with van der Waals surface area (Å²) in [7, 11) is 1.59. The van der Waals surface area contributed by atoms with Crippen molar-refractivity contribution in [2.24, 2.45) is 0 Å². The Hall–Kier alpha value is -2.87. The second kappa shape index (κ2) is 7.14. The van der Waals surface area contributed by atoms with E-state index in [-0.39, 0.29) is 12.2 Å². The minimum Gasteiger partial charge on any atom is -0.496 e. The van der Waals surface area contributed by atoms with Crippen molar-refractivity contribution in [2.75, 3.05) is 7.11 Å². The van der Waals surface area contributed by atoms with Gasteiger partial charge < -0.3 is 9.15 Å². The number of carbonyl (C=O) groups is 2. The lowest BCUT2D eigenvalue weighted by molar-refractivity contribution is -0.114. The van der Waals surface area contributed by atoms with Crippen LogP contribution < -0.4 is 4.74 Å². The molecule has 0 radical (unpaired) electrons.